The van der Waals surface area contributed by atoms with Crippen molar-refractivity contribution in [2.45, 2.75) is 19.8 Å². The Hall–Kier alpha value is -1.55. The van der Waals surface area contributed by atoms with Crippen LogP contribution in [0.25, 0.3) is 0 Å². The summed E-state index contributed by atoms with van der Waals surface area (Å²) < 4.78 is 0. The molecule has 1 aromatic carbocycles. The first-order valence-corrected chi connectivity index (χ1v) is 7.51. The van der Waals surface area contributed by atoms with Gasteiger partial charge in [-0.3, -0.25) is 9.69 Å². The Kier molecular flexibility index (Phi) is 3.66. The summed E-state index contributed by atoms with van der Waals surface area (Å²) in [7, 11) is 0. The van der Waals surface area contributed by atoms with Crippen LogP contribution >= 0.6 is 0 Å². The van der Waals surface area contributed by atoms with E-state index in [9.17, 15) is 4.79 Å². The molecule has 2 N–H and O–H groups in total. The van der Waals surface area contributed by atoms with Crippen molar-refractivity contribution in [2.75, 3.05) is 43.4 Å². The summed E-state index contributed by atoms with van der Waals surface area (Å²) in [4.78, 5) is 16.3. The first-order chi connectivity index (χ1) is 9.63. The van der Waals surface area contributed by atoms with Gasteiger partial charge in [0, 0.05) is 49.7 Å². The summed E-state index contributed by atoms with van der Waals surface area (Å²) in [5, 5.41) is 0. The highest BCUT2D eigenvalue weighted by Crippen LogP contribution is 2.30. The first-order valence-electron chi connectivity index (χ1n) is 7.51. The average molecular weight is 273 g/mol. The third-order valence-corrected chi connectivity index (χ3v) is 4.37. The van der Waals surface area contributed by atoms with Gasteiger partial charge in [-0.1, -0.05) is 0 Å². The highest BCUT2D eigenvalue weighted by Gasteiger charge is 2.26. The van der Waals surface area contributed by atoms with Gasteiger partial charge in [0.05, 0.1) is 0 Å². The predicted molar refractivity (Wildman–Crippen MR) is 82.2 cm³/mol. The van der Waals surface area contributed by atoms with E-state index in [4.69, 9.17) is 5.73 Å². The molecule has 20 heavy (non-hydrogen) atoms. The van der Waals surface area contributed by atoms with Crippen molar-refractivity contribution in [1.82, 2.24) is 4.90 Å². The van der Waals surface area contributed by atoms with Gasteiger partial charge in [-0.05, 0) is 43.9 Å². The van der Waals surface area contributed by atoms with Crippen LogP contribution in [0.1, 0.15) is 30.1 Å². The van der Waals surface area contributed by atoms with Crippen molar-refractivity contribution in [1.29, 1.82) is 0 Å². The molecule has 0 unspecified atom stereocenters. The van der Waals surface area contributed by atoms with Crippen LogP contribution in [-0.4, -0.2) is 43.4 Å². The summed E-state index contributed by atoms with van der Waals surface area (Å²) in [6.07, 6.45) is 2.84. The molecule has 2 fully saturated rings. The summed E-state index contributed by atoms with van der Waals surface area (Å²) in [5.74, 6) is 0.996. The lowest BCUT2D eigenvalue weighted by Crippen LogP contribution is -2.47. The number of nitrogen functional groups attached to an aromatic ring is 1. The largest absolute Gasteiger partial charge is 0.398 e. The van der Waals surface area contributed by atoms with Gasteiger partial charge in [0.1, 0.15) is 0 Å². The average Bonchev–Trinajstić information content (AvgIpc) is 3.23. The molecule has 0 amide bonds. The lowest BCUT2D eigenvalue weighted by molar-refractivity contribution is 0.101. The SMILES string of the molecule is CC(=O)c1ccc(N2CCN(CC3CC3)CC2)cc1N. The highest BCUT2D eigenvalue weighted by molar-refractivity contribution is 5.99. The Bertz CT molecular complexity index is 502. The fourth-order valence-electron chi connectivity index (χ4n) is 2.92. The normalized spacial score (nSPS) is 20.1. The second-order valence-electron chi connectivity index (χ2n) is 6.06. The smallest absolute Gasteiger partial charge is 0.161 e. The highest BCUT2D eigenvalue weighted by atomic mass is 16.1. The number of ketones is 1. The summed E-state index contributed by atoms with van der Waals surface area (Å²) in [6.45, 7) is 7.19. The maximum absolute atomic E-state index is 11.4. The van der Waals surface area contributed by atoms with Crippen LogP contribution in [-0.2, 0) is 0 Å². The van der Waals surface area contributed by atoms with Crippen LogP contribution in [0.3, 0.4) is 0 Å². The Morgan fingerprint density at radius 1 is 1.25 bits per heavy atom. The van der Waals surface area contributed by atoms with Gasteiger partial charge in [-0.2, -0.15) is 0 Å². The van der Waals surface area contributed by atoms with Gasteiger partial charge in [-0.15, -0.1) is 0 Å². The minimum absolute atomic E-state index is 0.0308. The van der Waals surface area contributed by atoms with Crippen LogP contribution in [0, 0.1) is 5.92 Å². The summed E-state index contributed by atoms with van der Waals surface area (Å²) >= 11 is 0. The number of carbonyl (C=O) groups is 1. The van der Waals surface area contributed by atoms with Gasteiger partial charge in [-0.25, -0.2) is 0 Å². The van der Waals surface area contributed by atoms with Crippen LogP contribution in [0.5, 0.6) is 0 Å². The molecule has 2 aliphatic rings. The second-order valence-corrected chi connectivity index (χ2v) is 6.06. The van der Waals surface area contributed by atoms with E-state index >= 15 is 0 Å². The van der Waals surface area contributed by atoms with Crippen molar-refractivity contribution in [2.24, 2.45) is 5.92 Å². The fourth-order valence-corrected chi connectivity index (χ4v) is 2.92. The number of hydrogen-bond acceptors (Lipinski definition) is 4. The number of rotatable bonds is 4. The maximum Gasteiger partial charge on any atom is 0.161 e. The number of carbonyl (C=O) groups excluding carboxylic acids is 1. The second kappa shape index (κ2) is 5.44. The summed E-state index contributed by atoms with van der Waals surface area (Å²) in [6, 6.07) is 5.81. The molecule has 4 nitrogen and oxygen atoms in total. The Labute approximate surface area is 120 Å². The standard InChI is InChI=1S/C16H23N3O/c1-12(20)15-5-4-14(10-16(15)17)19-8-6-18(7-9-19)11-13-2-3-13/h4-5,10,13H,2-3,6-9,11,17H2,1H3. The number of piperazine rings is 1. The topological polar surface area (TPSA) is 49.6 Å². The van der Waals surface area contributed by atoms with E-state index in [1.54, 1.807) is 6.92 Å². The lowest BCUT2D eigenvalue weighted by atomic mass is 10.1. The molecule has 1 heterocycles. The molecule has 4 heteroatoms. The number of hydrogen-bond donors (Lipinski definition) is 1. The Balaban J connectivity index is 1.62. The van der Waals surface area contributed by atoms with E-state index in [1.807, 2.05) is 18.2 Å². The summed E-state index contributed by atoms with van der Waals surface area (Å²) in [5.41, 5.74) is 8.33. The minimum Gasteiger partial charge on any atom is -0.398 e. The van der Waals surface area contributed by atoms with E-state index in [1.165, 1.54) is 19.4 Å². The third kappa shape index (κ3) is 2.96. The van der Waals surface area contributed by atoms with E-state index in [-0.39, 0.29) is 5.78 Å². The van der Waals surface area contributed by atoms with Crippen molar-refractivity contribution < 1.29 is 4.79 Å². The fraction of sp³-hybridized carbons (Fsp3) is 0.562. The maximum atomic E-state index is 11.4. The molecule has 1 saturated carbocycles. The zero-order valence-electron chi connectivity index (χ0n) is 12.1. The zero-order valence-corrected chi connectivity index (χ0v) is 12.1. The van der Waals surface area contributed by atoms with Gasteiger partial charge in [0.25, 0.3) is 0 Å². The molecule has 1 aromatic rings. The monoisotopic (exact) mass is 273 g/mol. The van der Waals surface area contributed by atoms with Crippen LogP contribution in [0.2, 0.25) is 0 Å². The first kappa shape index (κ1) is 13.4. The molecule has 0 atom stereocenters. The van der Waals surface area contributed by atoms with E-state index in [0.717, 1.165) is 37.8 Å². The van der Waals surface area contributed by atoms with Gasteiger partial charge in [0.15, 0.2) is 5.78 Å². The zero-order chi connectivity index (χ0) is 14.1. The molecule has 1 saturated heterocycles. The molecule has 1 aliphatic heterocycles. The molecule has 3 rings (SSSR count). The number of benzene rings is 1. The van der Waals surface area contributed by atoms with Crippen LogP contribution < -0.4 is 10.6 Å². The van der Waals surface area contributed by atoms with Crippen molar-refractivity contribution in [3.63, 3.8) is 0 Å². The molecular formula is C16H23N3O. The molecule has 0 radical (unpaired) electrons. The lowest BCUT2D eigenvalue weighted by Gasteiger charge is -2.36. The predicted octanol–water partition coefficient (Wildman–Crippen LogP) is 2.00. The third-order valence-electron chi connectivity index (χ3n) is 4.37. The molecular weight excluding hydrogens is 250 g/mol. The Morgan fingerprint density at radius 3 is 2.50 bits per heavy atom. The van der Waals surface area contributed by atoms with Crippen molar-refractivity contribution in [3.8, 4) is 0 Å². The van der Waals surface area contributed by atoms with Crippen molar-refractivity contribution in [3.05, 3.63) is 23.8 Å². The van der Waals surface area contributed by atoms with Crippen LogP contribution in [0.15, 0.2) is 18.2 Å². The molecule has 108 valence electrons. The quantitative estimate of drug-likeness (QED) is 0.673. The van der Waals surface area contributed by atoms with E-state index < -0.39 is 0 Å². The molecule has 0 bridgehead atoms. The number of nitrogens with zero attached hydrogens (tertiary/aromatic N) is 2. The molecule has 1 aliphatic carbocycles. The van der Waals surface area contributed by atoms with E-state index in [0.29, 0.717) is 11.3 Å². The van der Waals surface area contributed by atoms with Gasteiger partial charge in [0.2, 0.25) is 0 Å². The van der Waals surface area contributed by atoms with Crippen molar-refractivity contribution >= 4 is 17.2 Å². The molecule has 0 spiro atoms. The minimum atomic E-state index is 0.0308. The van der Waals surface area contributed by atoms with E-state index in [2.05, 4.69) is 9.80 Å². The number of nitrogens with two attached hydrogens (primary N) is 1. The Morgan fingerprint density at radius 2 is 1.95 bits per heavy atom. The molecule has 0 aromatic heterocycles. The van der Waals surface area contributed by atoms with Gasteiger partial charge < -0.3 is 10.6 Å². The number of anilines is 2. The van der Waals surface area contributed by atoms with Crippen LogP contribution in [0.4, 0.5) is 11.4 Å². The number of Topliss-reactive ketones (excluding diaryl/α,β-unsaturated/α-hetero) is 1. The van der Waals surface area contributed by atoms with Gasteiger partial charge >= 0.3 is 0 Å².